The zero-order valence-electron chi connectivity index (χ0n) is 7.40. The van der Waals surface area contributed by atoms with Crippen molar-refractivity contribution in [3.8, 4) is 0 Å². The van der Waals surface area contributed by atoms with Crippen LogP contribution in [0.15, 0.2) is 0 Å². The lowest BCUT2D eigenvalue weighted by Crippen LogP contribution is -2.09. The molecular weight excluding hydrogens is 122 g/mol. The van der Waals surface area contributed by atoms with Crippen LogP contribution in [0.25, 0.3) is 0 Å². The molecule has 0 fully saturated rings. The molecule has 0 saturated carbocycles. The molecule has 0 aromatic carbocycles. The lowest BCUT2D eigenvalue weighted by Gasteiger charge is -2.07. The summed E-state index contributed by atoms with van der Waals surface area (Å²) in [6.07, 6.45) is 6.79. The average Bonchev–Trinajstić information content (AvgIpc) is 1.87. The SMILES string of the molecule is [CH2]N(C)CCCCCCC. The van der Waals surface area contributed by atoms with Crippen LogP contribution in [0.4, 0.5) is 0 Å². The summed E-state index contributed by atoms with van der Waals surface area (Å²) in [5, 5.41) is 0. The minimum atomic E-state index is 1.14. The van der Waals surface area contributed by atoms with Crippen LogP contribution in [-0.4, -0.2) is 18.5 Å². The maximum absolute atomic E-state index is 3.79. The molecule has 0 aliphatic rings. The van der Waals surface area contributed by atoms with E-state index in [1.807, 2.05) is 11.9 Å². The van der Waals surface area contributed by atoms with Crippen LogP contribution in [0.1, 0.15) is 39.0 Å². The quantitative estimate of drug-likeness (QED) is 0.515. The molecule has 0 rings (SSSR count). The molecule has 0 heterocycles. The summed E-state index contributed by atoms with van der Waals surface area (Å²) >= 11 is 0. The highest BCUT2D eigenvalue weighted by atomic mass is 15.0. The normalized spacial score (nSPS) is 10.8. The smallest absolute Gasteiger partial charge is 0.0106 e. The fourth-order valence-corrected chi connectivity index (χ4v) is 0.985. The van der Waals surface area contributed by atoms with Crippen molar-refractivity contribution in [2.75, 3.05) is 13.6 Å². The van der Waals surface area contributed by atoms with Gasteiger partial charge in [0.2, 0.25) is 0 Å². The molecule has 0 atom stereocenters. The van der Waals surface area contributed by atoms with Crippen LogP contribution in [0.3, 0.4) is 0 Å². The Hall–Kier alpha value is -0.0400. The molecule has 0 unspecified atom stereocenters. The van der Waals surface area contributed by atoms with Gasteiger partial charge in [-0.25, -0.2) is 0 Å². The summed E-state index contributed by atoms with van der Waals surface area (Å²) < 4.78 is 0. The third-order valence-corrected chi connectivity index (χ3v) is 1.64. The van der Waals surface area contributed by atoms with Gasteiger partial charge in [-0.1, -0.05) is 32.6 Å². The van der Waals surface area contributed by atoms with E-state index in [0.29, 0.717) is 0 Å². The molecule has 0 aromatic rings. The molecule has 0 aliphatic carbocycles. The van der Waals surface area contributed by atoms with Crippen LogP contribution in [0.2, 0.25) is 0 Å². The van der Waals surface area contributed by atoms with Crippen molar-refractivity contribution in [1.82, 2.24) is 4.90 Å². The van der Waals surface area contributed by atoms with Gasteiger partial charge in [-0.15, -0.1) is 0 Å². The van der Waals surface area contributed by atoms with E-state index in [-0.39, 0.29) is 0 Å². The first-order chi connectivity index (χ1) is 4.77. The van der Waals surface area contributed by atoms with E-state index in [9.17, 15) is 0 Å². The third-order valence-electron chi connectivity index (χ3n) is 1.64. The molecule has 10 heavy (non-hydrogen) atoms. The topological polar surface area (TPSA) is 3.24 Å². The van der Waals surface area contributed by atoms with Crippen molar-refractivity contribution in [1.29, 1.82) is 0 Å². The van der Waals surface area contributed by atoms with Gasteiger partial charge in [0.1, 0.15) is 0 Å². The van der Waals surface area contributed by atoms with Gasteiger partial charge in [0, 0.05) is 7.05 Å². The molecule has 1 heteroatoms. The van der Waals surface area contributed by atoms with Gasteiger partial charge < -0.3 is 4.90 Å². The van der Waals surface area contributed by atoms with E-state index in [1.165, 1.54) is 32.1 Å². The molecule has 0 aromatic heterocycles. The molecule has 0 bridgehead atoms. The molecule has 0 saturated heterocycles. The zero-order valence-corrected chi connectivity index (χ0v) is 7.40. The Morgan fingerprint density at radius 3 is 2.20 bits per heavy atom. The van der Waals surface area contributed by atoms with Gasteiger partial charge in [-0.3, -0.25) is 0 Å². The number of hydrogen-bond acceptors (Lipinski definition) is 1. The standard InChI is InChI=1S/C9H20N/c1-4-5-6-7-8-9-10(2)3/h2,4-9H2,1,3H3. The molecule has 0 amide bonds. The summed E-state index contributed by atoms with van der Waals surface area (Å²) in [7, 11) is 5.82. The van der Waals surface area contributed by atoms with Gasteiger partial charge in [0.05, 0.1) is 0 Å². The van der Waals surface area contributed by atoms with Crippen LogP contribution in [0, 0.1) is 7.05 Å². The van der Waals surface area contributed by atoms with E-state index in [2.05, 4.69) is 14.0 Å². The zero-order chi connectivity index (χ0) is 7.82. The summed E-state index contributed by atoms with van der Waals surface area (Å²) in [5.74, 6) is 0. The molecule has 61 valence electrons. The van der Waals surface area contributed by atoms with E-state index < -0.39 is 0 Å². The third kappa shape index (κ3) is 7.96. The molecule has 1 nitrogen and oxygen atoms in total. The van der Waals surface area contributed by atoms with E-state index in [0.717, 1.165) is 6.54 Å². The summed E-state index contributed by atoms with van der Waals surface area (Å²) in [5.41, 5.74) is 0. The Labute approximate surface area is 65.4 Å². The van der Waals surface area contributed by atoms with Crippen LogP contribution >= 0.6 is 0 Å². The van der Waals surface area contributed by atoms with Gasteiger partial charge in [0.15, 0.2) is 0 Å². The molecular formula is C9H20N. The van der Waals surface area contributed by atoms with Gasteiger partial charge in [-0.05, 0) is 20.0 Å². The Morgan fingerprint density at radius 1 is 1.10 bits per heavy atom. The Morgan fingerprint density at radius 2 is 1.70 bits per heavy atom. The first-order valence-electron chi connectivity index (χ1n) is 4.29. The first-order valence-corrected chi connectivity index (χ1v) is 4.29. The van der Waals surface area contributed by atoms with Crippen LogP contribution in [-0.2, 0) is 0 Å². The second-order valence-corrected chi connectivity index (χ2v) is 2.99. The maximum atomic E-state index is 3.79. The fourth-order valence-electron chi connectivity index (χ4n) is 0.985. The monoisotopic (exact) mass is 142 g/mol. The van der Waals surface area contributed by atoms with E-state index in [4.69, 9.17) is 0 Å². The lowest BCUT2D eigenvalue weighted by atomic mass is 10.1. The van der Waals surface area contributed by atoms with Crippen molar-refractivity contribution in [3.05, 3.63) is 7.05 Å². The maximum Gasteiger partial charge on any atom is 0.0106 e. The second kappa shape index (κ2) is 7.07. The molecule has 0 N–H and O–H groups in total. The van der Waals surface area contributed by atoms with E-state index >= 15 is 0 Å². The number of hydrogen-bond donors (Lipinski definition) is 0. The molecule has 1 radical (unpaired) electrons. The molecule has 0 aliphatic heterocycles. The largest absolute Gasteiger partial charge is 0.305 e. The van der Waals surface area contributed by atoms with Crippen molar-refractivity contribution in [2.24, 2.45) is 0 Å². The number of unbranched alkanes of at least 4 members (excludes halogenated alkanes) is 4. The van der Waals surface area contributed by atoms with Crippen LogP contribution < -0.4 is 0 Å². The van der Waals surface area contributed by atoms with Crippen molar-refractivity contribution < 1.29 is 0 Å². The predicted octanol–water partition coefficient (Wildman–Crippen LogP) is 2.68. The first kappa shape index (κ1) is 9.96. The predicted molar refractivity (Wildman–Crippen MR) is 46.7 cm³/mol. The second-order valence-electron chi connectivity index (χ2n) is 2.99. The van der Waals surface area contributed by atoms with Gasteiger partial charge in [0.25, 0.3) is 0 Å². The highest BCUT2D eigenvalue weighted by Gasteiger charge is 1.89. The van der Waals surface area contributed by atoms with Gasteiger partial charge >= 0.3 is 0 Å². The Balaban J connectivity index is 2.77. The molecule has 0 spiro atoms. The highest BCUT2D eigenvalue weighted by molar-refractivity contribution is 4.48. The Kier molecular flexibility index (Phi) is 7.04. The Bertz CT molecular complexity index is 59.7. The summed E-state index contributed by atoms with van der Waals surface area (Å²) in [4.78, 5) is 2.01. The minimum Gasteiger partial charge on any atom is -0.305 e. The summed E-state index contributed by atoms with van der Waals surface area (Å²) in [6.45, 7) is 3.39. The number of rotatable bonds is 6. The average molecular weight is 142 g/mol. The highest BCUT2D eigenvalue weighted by Crippen LogP contribution is 2.02. The van der Waals surface area contributed by atoms with Crippen molar-refractivity contribution >= 4 is 0 Å². The van der Waals surface area contributed by atoms with Crippen molar-refractivity contribution in [3.63, 3.8) is 0 Å². The van der Waals surface area contributed by atoms with E-state index in [1.54, 1.807) is 0 Å². The fraction of sp³-hybridized carbons (Fsp3) is 0.889. The lowest BCUT2D eigenvalue weighted by molar-refractivity contribution is 0.425. The van der Waals surface area contributed by atoms with Crippen molar-refractivity contribution in [2.45, 2.75) is 39.0 Å². The minimum absolute atomic E-state index is 1.14. The van der Waals surface area contributed by atoms with Gasteiger partial charge in [-0.2, -0.15) is 0 Å². The number of nitrogens with zero attached hydrogens (tertiary/aromatic N) is 1. The summed E-state index contributed by atoms with van der Waals surface area (Å²) in [6, 6.07) is 0. The van der Waals surface area contributed by atoms with Crippen LogP contribution in [0.5, 0.6) is 0 Å².